The van der Waals surface area contributed by atoms with Gasteiger partial charge in [-0.2, -0.15) is 0 Å². The van der Waals surface area contributed by atoms with E-state index in [9.17, 15) is 18.5 Å². The van der Waals surface area contributed by atoms with Crippen molar-refractivity contribution in [1.29, 1.82) is 0 Å². The fourth-order valence-corrected chi connectivity index (χ4v) is 3.97. The van der Waals surface area contributed by atoms with E-state index in [-0.39, 0.29) is 10.6 Å². The second kappa shape index (κ2) is 7.45. The van der Waals surface area contributed by atoms with Crippen LogP contribution in [0.5, 0.6) is 0 Å². The molecule has 0 bridgehead atoms. The van der Waals surface area contributed by atoms with Gasteiger partial charge in [0, 0.05) is 33.3 Å². The molecule has 0 saturated carbocycles. The molecule has 2 rings (SSSR count). The Labute approximate surface area is 142 Å². The molecule has 1 heterocycles. The molecule has 8 nitrogen and oxygen atoms in total. The Morgan fingerprint density at radius 1 is 1.42 bits per heavy atom. The van der Waals surface area contributed by atoms with Gasteiger partial charge in [0.05, 0.1) is 9.82 Å². The van der Waals surface area contributed by atoms with Crippen LogP contribution < -0.4 is 10.6 Å². The largest absolute Gasteiger partial charge is 0.366 e. The molecule has 134 valence electrons. The Morgan fingerprint density at radius 3 is 2.71 bits per heavy atom. The maximum atomic E-state index is 12.2. The summed E-state index contributed by atoms with van der Waals surface area (Å²) in [6.45, 7) is 2.03. The first kappa shape index (κ1) is 18.6. The topological polar surface area (TPSA) is 110 Å². The van der Waals surface area contributed by atoms with Crippen LogP contribution in [0.2, 0.25) is 0 Å². The Balaban J connectivity index is 2.39. The number of nitro benzene ring substituents is 1. The molecule has 1 aromatic carbocycles. The van der Waals surface area contributed by atoms with Crippen molar-refractivity contribution in [2.75, 3.05) is 38.6 Å². The van der Waals surface area contributed by atoms with Crippen molar-refractivity contribution >= 4 is 21.4 Å². The summed E-state index contributed by atoms with van der Waals surface area (Å²) in [5.41, 5.74) is 5.92. The van der Waals surface area contributed by atoms with E-state index < -0.39 is 14.9 Å². The highest BCUT2D eigenvalue weighted by atomic mass is 32.2. The van der Waals surface area contributed by atoms with E-state index in [0.29, 0.717) is 24.7 Å². The molecule has 0 aliphatic carbocycles. The quantitative estimate of drug-likeness (QED) is 0.609. The maximum absolute atomic E-state index is 12.2. The van der Waals surface area contributed by atoms with Gasteiger partial charge in [-0.15, -0.1) is 0 Å². The van der Waals surface area contributed by atoms with Crippen molar-refractivity contribution in [3.05, 3.63) is 28.3 Å². The minimum Gasteiger partial charge on any atom is -0.366 e. The second-order valence-electron chi connectivity index (χ2n) is 6.23. The van der Waals surface area contributed by atoms with Gasteiger partial charge in [-0.1, -0.05) is 0 Å². The fourth-order valence-electron chi connectivity index (χ4n) is 3.04. The zero-order chi connectivity index (χ0) is 17.9. The molecule has 0 amide bonds. The summed E-state index contributed by atoms with van der Waals surface area (Å²) in [5, 5.41) is 11.5. The second-order valence-corrected chi connectivity index (χ2v) is 8.38. The van der Waals surface area contributed by atoms with E-state index >= 15 is 0 Å². The number of piperidine rings is 1. The number of anilines is 1. The van der Waals surface area contributed by atoms with Gasteiger partial charge in [-0.25, -0.2) is 12.7 Å². The molecule has 9 heteroatoms. The Bertz CT molecular complexity index is 703. The van der Waals surface area contributed by atoms with Gasteiger partial charge in [0.1, 0.15) is 5.69 Å². The Hall–Kier alpha value is -1.71. The molecule has 2 N–H and O–H groups in total. The molecular weight excluding hydrogens is 332 g/mol. The van der Waals surface area contributed by atoms with Crippen molar-refractivity contribution in [2.24, 2.45) is 11.7 Å². The van der Waals surface area contributed by atoms with Crippen molar-refractivity contribution in [3.8, 4) is 0 Å². The summed E-state index contributed by atoms with van der Waals surface area (Å²) in [6, 6.07) is 4.13. The third-order valence-corrected chi connectivity index (χ3v) is 6.17. The van der Waals surface area contributed by atoms with Gasteiger partial charge >= 0.3 is 0 Å². The molecule has 0 radical (unpaired) electrons. The zero-order valence-corrected chi connectivity index (χ0v) is 14.8. The first-order valence-corrected chi connectivity index (χ1v) is 9.37. The van der Waals surface area contributed by atoms with Crippen molar-refractivity contribution in [3.63, 3.8) is 0 Å². The molecule has 1 aliphatic rings. The minimum atomic E-state index is -3.71. The summed E-state index contributed by atoms with van der Waals surface area (Å²) >= 11 is 0. The summed E-state index contributed by atoms with van der Waals surface area (Å²) < 4.78 is 25.5. The van der Waals surface area contributed by atoms with Crippen molar-refractivity contribution in [2.45, 2.75) is 24.2 Å². The van der Waals surface area contributed by atoms with Gasteiger partial charge in [-0.3, -0.25) is 10.1 Å². The van der Waals surface area contributed by atoms with Crippen LogP contribution in [0.15, 0.2) is 23.1 Å². The molecule has 1 fully saturated rings. The number of rotatable bonds is 6. The van der Waals surface area contributed by atoms with Crippen LogP contribution in [0.3, 0.4) is 0 Å². The highest BCUT2D eigenvalue weighted by molar-refractivity contribution is 7.89. The van der Waals surface area contributed by atoms with E-state index in [4.69, 9.17) is 5.73 Å². The van der Waals surface area contributed by atoms with Gasteiger partial charge < -0.3 is 10.6 Å². The monoisotopic (exact) mass is 356 g/mol. The van der Waals surface area contributed by atoms with E-state index in [1.54, 1.807) is 6.07 Å². The van der Waals surface area contributed by atoms with Crippen molar-refractivity contribution in [1.82, 2.24) is 4.31 Å². The SMILES string of the molecule is CN(C)S(=O)(=O)c1ccc(N2CCCC(CCN)C2)c([N+](=O)[O-])c1. The number of hydrogen-bond acceptors (Lipinski definition) is 6. The maximum Gasteiger partial charge on any atom is 0.293 e. The predicted octanol–water partition coefficient (Wildman–Crippen LogP) is 1.41. The van der Waals surface area contributed by atoms with Crippen LogP contribution in [-0.2, 0) is 10.0 Å². The fraction of sp³-hybridized carbons (Fsp3) is 0.600. The average Bonchev–Trinajstić information content (AvgIpc) is 2.54. The number of nitrogens with two attached hydrogens (primary N) is 1. The lowest BCUT2D eigenvalue weighted by atomic mass is 9.94. The van der Waals surface area contributed by atoms with E-state index in [0.717, 1.165) is 36.2 Å². The summed E-state index contributed by atoms with van der Waals surface area (Å²) in [5.74, 6) is 0.411. The predicted molar refractivity (Wildman–Crippen MR) is 92.6 cm³/mol. The third kappa shape index (κ3) is 3.85. The van der Waals surface area contributed by atoms with Gasteiger partial charge in [0.2, 0.25) is 10.0 Å². The van der Waals surface area contributed by atoms with E-state index in [1.165, 1.54) is 20.2 Å². The standard InChI is InChI=1S/C15H24N4O4S/c1-17(2)24(22,23)13-5-6-14(15(10-13)19(20)21)18-9-3-4-12(11-18)7-8-16/h5-6,10,12H,3-4,7-9,11,16H2,1-2H3. The number of benzene rings is 1. The van der Waals surface area contributed by atoms with Crippen LogP contribution in [0, 0.1) is 16.0 Å². The van der Waals surface area contributed by atoms with Gasteiger partial charge in [-0.05, 0) is 43.9 Å². The zero-order valence-electron chi connectivity index (χ0n) is 14.0. The molecule has 0 spiro atoms. The molecular formula is C15H24N4O4S. The van der Waals surface area contributed by atoms with Crippen LogP contribution in [0.25, 0.3) is 0 Å². The van der Waals surface area contributed by atoms with E-state index in [1.807, 2.05) is 4.90 Å². The summed E-state index contributed by atoms with van der Waals surface area (Å²) in [4.78, 5) is 12.8. The highest BCUT2D eigenvalue weighted by Gasteiger charge is 2.28. The lowest BCUT2D eigenvalue weighted by Gasteiger charge is -2.34. The summed E-state index contributed by atoms with van der Waals surface area (Å²) in [7, 11) is -0.906. The molecule has 1 unspecified atom stereocenters. The third-order valence-electron chi connectivity index (χ3n) is 4.36. The Kier molecular flexibility index (Phi) is 5.79. The van der Waals surface area contributed by atoms with E-state index in [2.05, 4.69) is 0 Å². The average molecular weight is 356 g/mol. The first-order valence-electron chi connectivity index (χ1n) is 7.93. The van der Waals surface area contributed by atoms with Crippen LogP contribution in [0.4, 0.5) is 11.4 Å². The van der Waals surface area contributed by atoms with Crippen LogP contribution in [0.1, 0.15) is 19.3 Å². The molecule has 1 atom stereocenters. The van der Waals surface area contributed by atoms with Crippen LogP contribution >= 0.6 is 0 Å². The lowest BCUT2D eigenvalue weighted by molar-refractivity contribution is -0.384. The highest BCUT2D eigenvalue weighted by Crippen LogP contribution is 2.34. The van der Waals surface area contributed by atoms with Gasteiger partial charge in [0.25, 0.3) is 5.69 Å². The first-order chi connectivity index (χ1) is 11.3. The Morgan fingerprint density at radius 2 is 2.12 bits per heavy atom. The van der Waals surface area contributed by atoms with Crippen LogP contribution in [-0.4, -0.2) is 51.4 Å². The number of hydrogen-bond donors (Lipinski definition) is 1. The van der Waals surface area contributed by atoms with Gasteiger partial charge in [0.15, 0.2) is 0 Å². The minimum absolute atomic E-state index is 0.0709. The molecule has 24 heavy (non-hydrogen) atoms. The molecule has 0 aromatic heterocycles. The van der Waals surface area contributed by atoms with Crippen molar-refractivity contribution < 1.29 is 13.3 Å². The summed E-state index contributed by atoms with van der Waals surface area (Å²) in [6.07, 6.45) is 2.89. The smallest absolute Gasteiger partial charge is 0.293 e. The number of nitro groups is 1. The lowest BCUT2D eigenvalue weighted by Crippen LogP contribution is -2.36. The number of nitrogens with zero attached hydrogens (tertiary/aromatic N) is 3. The molecule has 1 saturated heterocycles. The molecule has 1 aliphatic heterocycles. The molecule has 1 aromatic rings. The normalized spacial score (nSPS) is 18.8. The number of sulfonamides is 1.